The summed E-state index contributed by atoms with van der Waals surface area (Å²) in [6.45, 7) is 9.86. The number of hydrogen-bond donors (Lipinski definition) is 1. The van der Waals surface area contributed by atoms with Gasteiger partial charge in [-0.3, -0.25) is 9.79 Å². The molecular weight excluding hydrogens is 308 g/mol. The van der Waals surface area contributed by atoms with Crippen LogP contribution in [0.4, 0.5) is 5.69 Å². The predicted octanol–water partition coefficient (Wildman–Crippen LogP) is 4.87. The van der Waals surface area contributed by atoms with Gasteiger partial charge in [-0.25, -0.2) is 0 Å². The highest BCUT2D eigenvalue weighted by Gasteiger charge is 2.26. The van der Waals surface area contributed by atoms with Crippen molar-refractivity contribution in [1.29, 1.82) is 0 Å². The normalized spacial score (nSPS) is 15.1. The van der Waals surface area contributed by atoms with Crippen LogP contribution in [-0.4, -0.2) is 12.1 Å². The number of nitrogens with one attached hydrogen (secondary N) is 1. The van der Waals surface area contributed by atoms with Crippen LogP contribution in [0.15, 0.2) is 40.5 Å². The van der Waals surface area contributed by atoms with E-state index in [0.29, 0.717) is 5.92 Å². The number of nitrogens with zero attached hydrogens (tertiary/aromatic N) is 1. The first-order valence-corrected chi connectivity index (χ1v) is 8.64. The van der Waals surface area contributed by atoms with Gasteiger partial charge in [0.25, 0.3) is 5.91 Å². The minimum absolute atomic E-state index is 0.300. The highest BCUT2D eigenvalue weighted by Crippen LogP contribution is 2.45. The van der Waals surface area contributed by atoms with Crippen molar-refractivity contribution in [3.8, 4) is 11.8 Å². The first kappa shape index (κ1) is 18.7. The van der Waals surface area contributed by atoms with Crippen LogP contribution >= 0.6 is 0 Å². The summed E-state index contributed by atoms with van der Waals surface area (Å²) in [7, 11) is 0. The van der Waals surface area contributed by atoms with E-state index in [-0.39, 0.29) is 5.91 Å². The molecule has 1 saturated carbocycles. The third-order valence-electron chi connectivity index (χ3n) is 4.19. The first-order valence-electron chi connectivity index (χ1n) is 8.64. The Morgan fingerprint density at radius 3 is 2.52 bits per heavy atom. The Hall–Kier alpha value is -2.60. The van der Waals surface area contributed by atoms with Crippen LogP contribution in [-0.2, 0) is 4.79 Å². The molecule has 2 rings (SSSR count). The zero-order valence-corrected chi connectivity index (χ0v) is 15.7. The lowest BCUT2D eigenvalue weighted by molar-refractivity contribution is -0.114. The van der Waals surface area contributed by atoms with Gasteiger partial charge in [0.15, 0.2) is 0 Å². The number of benzene rings is 1. The monoisotopic (exact) mass is 334 g/mol. The lowest BCUT2D eigenvalue weighted by atomic mass is 10.0. The van der Waals surface area contributed by atoms with Crippen LogP contribution in [0.2, 0.25) is 0 Å². The fraction of sp³-hybridized carbons (Fsp3) is 0.364. The van der Waals surface area contributed by atoms with Crippen LogP contribution in [0.1, 0.15) is 56.2 Å². The van der Waals surface area contributed by atoms with E-state index < -0.39 is 0 Å². The minimum atomic E-state index is -0.300. The maximum Gasteiger partial charge on any atom is 0.299 e. The molecule has 3 nitrogen and oxygen atoms in total. The zero-order valence-electron chi connectivity index (χ0n) is 15.7. The summed E-state index contributed by atoms with van der Waals surface area (Å²) in [6, 6.07) is 4.47. The molecule has 1 aromatic rings. The number of aryl methyl sites for hydroxylation is 2. The van der Waals surface area contributed by atoms with E-state index in [0.717, 1.165) is 16.8 Å². The summed E-state index contributed by atoms with van der Waals surface area (Å²) in [5, 5.41) is 2.64. The van der Waals surface area contributed by atoms with E-state index in [1.165, 1.54) is 29.5 Å². The van der Waals surface area contributed by atoms with Crippen molar-refractivity contribution in [1.82, 2.24) is 5.32 Å². The van der Waals surface area contributed by atoms with Gasteiger partial charge < -0.3 is 5.32 Å². The van der Waals surface area contributed by atoms with Gasteiger partial charge in [0.1, 0.15) is 0 Å². The molecule has 0 saturated heterocycles. The van der Waals surface area contributed by atoms with Crippen LogP contribution in [0.25, 0.3) is 0 Å². The van der Waals surface area contributed by atoms with Crippen LogP contribution in [0.3, 0.4) is 0 Å². The Labute approximate surface area is 150 Å². The third kappa shape index (κ3) is 5.76. The maximum absolute atomic E-state index is 11.3. The Kier molecular flexibility index (Phi) is 6.36. The van der Waals surface area contributed by atoms with Crippen molar-refractivity contribution >= 4 is 17.8 Å². The zero-order chi connectivity index (χ0) is 18.4. The molecule has 1 aromatic carbocycles. The average Bonchev–Trinajstić information content (AvgIpc) is 3.39. The second kappa shape index (κ2) is 8.48. The van der Waals surface area contributed by atoms with Gasteiger partial charge in [-0.2, -0.15) is 0 Å². The van der Waals surface area contributed by atoms with E-state index >= 15 is 0 Å². The van der Waals surface area contributed by atoms with Gasteiger partial charge in [-0.15, -0.1) is 0 Å². The Balaban J connectivity index is 2.12. The molecule has 1 fully saturated rings. The molecular formula is C22H26N2O. The molecule has 0 aliphatic heterocycles. The van der Waals surface area contributed by atoms with E-state index in [4.69, 9.17) is 4.99 Å². The number of amides is 1. The van der Waals surface area contributed by atoms with Crippen molar-refractivity contribution in [3.63, 3.8) is 0 Å². The number of carbonyl (C=O) groups excluding carboxylic acids is 1. The molecule has 1 aliphatic carbocycles. The van der Waals surface area contributed by atoms with Crippen molar-refractivity contribution < 1.29 is 4.79 Å². The number of carbonyl (C=O) groups is 1. The topological polar surface area (TPSA) is 41.5 Å². The lowest BCUT2D eigenvalue weighted by Gasteiger charge is -2.08. The van der Waals surface area contributed by atoms with Crippen molar-refractivity contribution in [3.05, 3.63) is 52.2 Å². The fourth-order valence-corrected chi connectivity index (χ4v) is 2.59. The molecule has 0 heterocycles. The summed E-state index contributed by atoms with van der Waals surface area (Å²) >= 11 is 0. The van der Waals surface area contributed by atoms with Gasteiger partial charge in [0.2, 0.25) is 0 Å². The van der Waals surface area contributed by atoms with Gasteiger partial charge >= 0.3 is 0 Å². The summed E-state index contributed by atoms with van der Waals surface area (Å²) in [6.07, 6.45) is 8.07. The van der Waals surface area contributed by atoms with Crippen LogP contribution < -0.4 is 5.32 Å². The van der Waals surface area contributed by atoms with Crippen LogP contribution in [0, 0.1) is 25.7 Å². The molecule has 3 heteroatoms. The number of hydrogen-bond acceptors (Lipinski definition) is 2. The predicted molar refractivity (Wildman–Crippen MR) is 105 cm³/mol. The first-order chi connectivity index (χ1) is 11.9. The summed E-state index contributed by atoms with van der Waals surface area (Å²) in [5.41, 5.74) is 7.02. The molecule has 1 N–H and O–H groups in total. The molecule has 0 spiro atoms. The highest BCUT2D eigenvalue weighted by atomic mass is 16.1. The Bertz CT molecular complexity index is 812. The summed E-state index contributed by atoms with van der Waals surface area (Å²) in [5.74, 6) is 5.39. The van der Waals surface area contributed by atoms with E-state index in [1.54, 1.807) is 13.1 Å². The van der Waals surface area contributed by atoms with Gasteiger partial charge in [0.05, 0.1) is 5.69 Å². The van der Waals surface area contributed by atoms with Gasteiger partial charge in [0, 0.05) is 12.4 Å². The second-order valence-corrected chi connectivity index (χ2v) is 6.65. The molecule has 25 heavy (non-hydrogen) atoms. The van der Waals surface area contributed by atoms with E-state index in [2.05, 4.69) is 43.1 Å². The van der Waals surface area contributed by atoms with E-state index in [1.807, 2.05) is 26.1 Å². The van der Waals surface area contributed by atoms with Crippen molar-refractivity contribution in [2.75, 3.05) is 0 Å². The molecule has 1 amide bonds. The summed E-state index contributed by atoms with van der Waals surface area (Å²) in [4.78, 5) is 16.1. The molecule has 0 bridgehead atoms. The van der Waals surface area contributed by atoms with Gasteiger partial charge in [-0.05, 0) is 93.2 Å². The Morgan fingerprint density at radius 2 is 1.88 bits per heavy atom. The molecule has 0 aromatic heterocycles. The largest absolute Gasteiger partial charge is 0.322 e. The molecule has 0 unspecified atom stereocenters. The average molecular weight is 334 g/mol. The van der Waals surface area contributed by atoms with E-state index in [9.17, 15) is 4.79 Å². The van der Waals surface area contributed by atoms with Crippen molar-refractivity contribution in [2.45, 2.75) is 53.4 Å². The second-order valence-electron chi connectivity index (χ2n) is 6.65. The number of rotatable bonds is 5. The quantitative estimate of drug-likeness (QED) is 0.466. The third-order valence-corrected chi connectivity index (χ3v) is 4.19. The molecule has 1 aliphatic rings. The lowest BCUT2D eigenvalue weighted by Crippen LogP contribution is -2.14. The number of allylic oxidation sites excluding steroid dienone is 3. The van der Waals surface area contributed by atoms with Crippen LogP contribution in [0.5, 0.6) is 0 Å². The molecule has 130 valence electrons. The minimum Gasteiger partial charge on any atom is -0.322 e. The fourth-order valence-electron chi connectivity index (χ4n) is 2.59. The highest BCUT2D eigenvalue weighted by molar-refractivity contribution is 5.94. The standard InChI is InChI=1S/C22H26N2O/c1-6-7-22(25)24-14-16(3)10-15(2)13-23-21-12-18(5)17(4)11-20(21)19-8-9-19/h10-14,19H,8-9H2,1-5H3,(H,24,25)/b15-10-,16-14+,23-13?. The maximum atomic E-state index is 11.3. The summed E-state index contributed by atoms with van der Waals surface area (Å²) < 4.78 is 0. The molecule has 0 radical (unpaired) electrons. The molecule has 0 atom stereocenters. The van der Waals surface area contributed by atoms with Crippen molar-refractivity contribution in [2.24, 2.45) is 4.99 Å². The SMILES string of the molecule is CC#CC(=O)N/C=C(C)/C=C(/C)C=Nc1cc(C)c(C)cc1C1CC1. The Morgan fingerprint density at radius 1 is 1.20 bits per heavy atom. The number of aliphatic imine (C=N–C) groups is 1. The smallest absolute Gasteiger partial charge is 0.299 e. The van der Waals surface area contributed by atoms with Gasteiger partial charge in [-0.1, -0.05) is 18.1 Å².